The fourth-order valence-corrected chi connectivity index (χ4v) is 2.13. The summed E-state index contributed by atoms with van der Waals surface area (Å²) >= 11 is 5.51. The lowest BCUT2D eigenvalue weighted by Gasteiger charge is -2.39. The zero-order valence-corrected chi connectivity index (χ0v) is 11.9. The molecule has 0 aliphatic carbocycles. The third kappa shape index (κ3) is 4.54. The molecule has 1 atom stereocenters. The van der Waals surface area contributed by atoms with Crippen LogP contribution in [0.4, 0.5) is 4.79 Å². The Labute approximate surface area is 118 Å². The number of aliphatic hydroxyl groups excluding tert-OH is 1. The van der Waals surface area contributed by atoms with Gasteiger partial charge in [0.1, 0.15) is 5.88 Å². The summed E-state index contributed by atoms with van der Waals surface area (Å²) in [7, 11) is 0. The van der Waals surface area contributed by atoms with Crippen LogP contribution in [0.3, 0.4) is 0 Å². The van der Waals surface area contributed by atoms with Crippen LogP contribution in [0, 0.1) is 0 Å². The molecule has 110 valence electrons. The molecule has 6 nitrogen and oxygen atoms in total. The number of amides is 2. The molecular formula is C12H21ClN2O4. The lowest BCUT2D eigenvalue weighted by atomic mass is 10.2. The molecule has 7 heteroatoms. The molecule has 0 aromatic carbocycles. The van der Waals surface area contributed by atoms with Gasteiger partial charge in [0.2, 0.25) is 5.91 Å². The Morgan fingerprint density at radius 2 is 2.16 bits per heavy atom. The van der Waals surface area contributed by atoms with E-state index in [9.17, 15) is 14.7 Å². The third-order valence-electron chi connectivity index (χ3n) is 3.11. The normalized spacial score (nSPS) is 19.4. The highest BCUT2D eigenvalue weighted by molar-refractivity contribution is 6.27. The predicted octanol–water partition coefficient (Wildman–Crippen LogP) is 0.667. The topological polar surface area (TPSA) is 70.1 Å². The largest absolute Gasteiger partial charge is 0.449 e. The number of hydrogen-bond acceptors (Lipinski definition) is 4. The molecule has 1 aliphatic rings. The molecule has 0 aromatic rings. The summed E-state index contributed by atoms with van der Waals surface area (Å²) in [6, 6.07) is -0.404. The van der Waals surface area contributed by atoms with Crippen molar-refractivity contribution in [3.63, 3.8) is 0 Å². The Bertz CT molecular complexity index is 314. The Hall–Kier alpha value is -1.01. The Balaban J connectivity index is 2.49. The molecule has 1 unspecified atom stereocenters. The summed E-state index contributed by atoms with van der Waals surface area (Å²) < 4.78 is 5.11. The number of rotatable bonds is 5. The molecule has 0 spiro atoms. The fourth-order valence-electron chi connectivity index (χ4n) is 1.98. The van der Waals surface area contributed by atoms with E-state index < -0.39 is 6.04 Å². The van der Waals surface area contributed by atoms with Gasteiger partial charge in [0.05, 0.1) is 19.3 Å². The standard InChI is InChI=1S/C12H21ClN2O4/c1-2-3-6-19-12(18)14-4-5-15(11(17)7-13)10(8-14)9-16/h10,16H,2-9H2,1H3. The minimum atomic E-state index is -0.404. The molecule has 19 heavy (non-hydrogen) atoms. The zero-order chi connectivity index (χ0) is 14.3. The van der Waals surface area contributed by atoms with Crippen LogP contribution in [0.25, 0.3) is 0 Å². The summed E-state index contributed by atoms with van der Waals surface area (Å²) in [5.41, 5.74) is 0. The van der Waals surface area contributed by atoms with Gasteiger partial charge in [-0.15, -0.1) is 11.6 Å². The van der Waals surface area contributed by atoms with Crippen molar-refractivity contribution in [2.75, 3.05) is 38.7 Å². The van der Waals surface area contributed by atoms with Crippen LogP contribution in [0.1, 0.15) is 19.8 Å². The fraction of sp³-hybridized carbons (Fsp3) is 0.833. The van der Waals surface area contributed by atoms with Gasteiger partial charge in [0.25, 0.3) is 0 Å². The number of hydrogen-bond donors (Lipinski definition) is 1. The van der Waals surface area contributed by atoms with Crippen LogP contribution in [-0.4, -0.2) is 71.7 Å². The molecule has 1 saturated heterocycles. The number of halogens is 1. The van der Waals surface area contributed by atoms with Crippen LogP contribution in [0.2, 0.25) is 0 Å². The number of nitrogens with zero attached hydrogens (tertiary/aromatic N) is 2. The van der Waals surface area contributed by atoms with Crippen molar-refractivity contribution in [2.45, 2.75) is 25.8 Å². The van der Waals surface area contributed by atoms with Gasteiger partial charge in [-0.3, -0.25) is 4.79 Å². The molecule has 1 aliphatic heterocycles. The molecule has 1 N–H and O–H groups in total. The van der Waals surface area contributed by atoms with Crippen molar-refractivity contribution < 1.29 is 19.4 Å². The average molecular weight is 293 g/mol. The lowest BCUT2D eigenvalue weighted by molar-refractivity contribution is -0.134. The smallest absolute Gasteiger partial charge is 0.409 e. The third-order valence-corrected chi connectivity index (χ3v) is 3.34. The van der Waals surface area contributed by atoms with E-state index in [1.807, 2.05) is 6.92 Å². The van der Waals surface area contributed by atoms with E-state index in [0.717, 1.165) is 12.8 Å². The second kappa shape index (κ2) is 8.22. The summed E-state index contributed by atoms with van der Waals surface area (Å²) in [4.78, 5) is 26.4. The Morgan fingerprint density at radius 3 is 2.74 bits per heavy atom. The van der Waals surface area contributed by atoms with Crippen LogP contribution in [0.15, 0.2) is 0 Å². The Kier molecular flexibility index (Phi) is 6.94. The molecule has 0 aromatic heterocycles. The maximum absolute atomic E-state index is 11.8. The SMILES string of the molecule is CCCCOC(=O)N1CCN(C(=O)CCl)C(CO)C1. The second-order valence-corrected chi connectivity index (χ2v) is 4.74. The first-order chi connectivity index (χ1) is 9.13. The van der Waals surface area contributed by atoms with Gasteiger partial charge in [-0.25, -0.2) is 4.79 Å². The summed E-state index contributed by atoms with van der Waals surface area (Å²) in [5, 5.41) is 9.30. The van der Waals surface area contributed by atoms with Crippen LogP contribution in [0.5, 0.6) is 0 Å². The molecule has 0 radical (unpaired) electrons. The maximum Gasteiger partial charge on any atom is 0.409 e. The van der Waals surface area contributed by atoms with Gasteiger partial charge in [0.15, 0.2) is 0 Å². The van der Waals surface area contributed by atoms with Gasteiger partial charge in [-0.05, 0) is 6.42 Å². The quantitative estimate of drug-likeness (QED) is 0.597. The van der Waals surface area contributed by atoms with Gasteiger partial charge >= 0.3 is 6.09 Å². The van der Waals surface area contributed by atoms with Crippen molar-refractivity contribution in [3.8, 4) is 0 Å². The molecule has 2 amide bonds. The van der Waals surface area contributed by atoms with Crippen molar-refractivity contribution in [1.82, 2.24) is 9.80 Å². The monoisotopic (exact) mass is 292 g/mol. The molecule has 1 rings (SSSR count). The van der Waals surface area contributed by atoms with Crippen LogP contribution in [-0.2, 0) is 9.53 Å². The van der Waals surface area contributed by atoms with E-state index >= 15 is 0 Å². The first-order valence-electron chi connectivity index (χ1n) is 6.52. The van der Waals surface area contributed by atoms with Gasteiger partial charge in [0, 0.05) is 19.6 Å². The van der Waals surface area contributed by atoms with Crippen molar-refractivity contribution in [3.05, 3.63) is 0 Å². The Morgan fingerprint density at radius 1 is 1.42 bits per heavy atom. The number of unbranched alkanes of at least 4 members (excludes halogenated alkanes) is 1. The molecule has 0 saturated carbocycles. The van der Waals surface area contributed by atoms with Crippen molar-refractivity contribution in [1.29, 1.82) is 0 Å². The number of ether oxygens (including phenoxy) is 1. The molecular weight excluding hydrogens is 272 g/mol. The summed E-state index contributed by atoms with van der Waals surface area (Å²) in [6.45, 7) is 3.29. The first kappa shape index (κ1) is 16.0. The number of carbonyl (C=O) groups is 2. The summed E-state index contributed by atoms with van der Waals surface area (Å²) in [6.07, 6.45) is 1.41. The first-order valence-corrected chi connectivity index (χ1v) is 7.05. The number of alkyl halides is 1. The van der Waals surface area contributed by atoms with E-state index in [1.165, 1.54) is 9.80 Å². The number of piperazine rings is 1. The van der Waals surface area contributed by atoms with E-state index in [1.54, 1.807) is 0 Å². The van der Waals surface area contributed by atoms with Crippen LogP contribution < -0.4 is 0 Å². The van der Waals surface area contributed by atoms with Crippen LogP contribution >= 0.6 is 11.6 Å². The summed E-state index contributed by atoms with van der Waals surface area (Å²) in [5.74, 6) is -0.336. The lowest BCUT2D eigenvalue weighted by Crippen LogP contribution is -2.58. The highest BCUT2D eigenvalue weighted by atomic mass is 35.5. The van der Waals surface area contributed by atoms with Crippen molar-refractivity contribution in [2.24, 2.45) is 0 Å². The minimum absolute atomic E-state index is 0.114. The van der Waals surface area contributed by atoms with E-state index in [2.05, 4.69) is 0 Å². The highest BCUT2D eigenvalue weighted by Crippen LogP contribution is 2.12. The highest BCUT2D eigenvalue weighted by Gasteiger charge is 2.32. The maximum atomic E-state index is 11.8. The van der Waals surface area contributed by atoms with E-state index in [-0.39, 0.29) is 31.0 Å². The van der Waals surface area contributed by atoms with Gasteiger partial charge in [-0.2, -0.15) is 0 Å². The van der Waals surface area contributed by atoms with E-state index in [0.29, 0.717) is 19.7 Å². The number of carbonyl (C=O) groups excluding carboxylic acids is 2. The second-order valence-electron chi connectivity index (χ2n) is 4.47. The minimum Gasteiger partial charge on any atom is -0.449 e. The van der Waals surface area contributed by atoms with E-state index in [4.69, 9.17) is 16.3 Å². The zero-order valence-electron chi connectivity index (χ0n) is 11.2. The van der Waals surface area contributed by atoms with Gasteiger partial charge < -0.3 is 19.6 Å². The molecule has 1 heterocycles. The average Bonchev–Trinajstić information content (AvgIpc) is 2.45. The molecule has 0 bridgehead atoms. The van der Waals surface area contributed by atoms with Gasteiger partial charge in [-0.1, -0.05) is 13.3 Å². The number of aliphatic hydroxyl groups is 1. The predicted molar refractivity (Wildman–Crippen MR) is 71.1 cm³/mol. The molecule has 1 fully saturated rings. The van der Waals surface area contributed by atoms with Crippen molar-refractivity contribution >= 4 is 23.6 Å².